The number of benzene rings is 1. The van der Waals surface area contributed by atoms with E-state index in [1.54, 1.807) is 0 Å². The molecule has 27 heavy (non-hydrogen) atoms. The minimum atomic E-state index is -0.721. The topological polar surface area (TPSA) is 65.9 Å². The van der Waals surface area contributed by atoms with Crippen molar-refractivity contribution in [2.75, 3.05) is 13.2 Å². The Labute approximate surface area is 156 Å². The molecule has 1 aromatic carbocycles. The summed E-state index contributed by atoms with van der Waals surface area (Å²) >= 11 is 0. The molecule has 0 spiro atoms. The number of aromatic nitrogens is 1. The number of pyridine rings is 1. The standard InChI is InChI=1S/C17H14F2N2O.C4H8O/c18-11-6-10(7-12(19)8-11)16-13-4-2-1-3-5-15(13)21-17(22)14(16)9-20;1-2-4-5-3-1/h6-8H,1-5H2,(H,21,22);1-4H2. The second-order valence-electron chi connectivity index (χ2n) is 6.81. The Morgan fingerprint density at radius 1 is 0.963 bits per heavy atom. The maximum absolute atomic E-state index is 13.6. The van der Waals surface area contributed by atoms with Crippen LogP contribution in [0.4, 0.5) is 8.78 Å². The molecule has 142 valence electrons. The highest BCUT2D eigenvalue weighted by Crippen LogP contribution is 2.32. The first kappa shape index (κ1) is 19.2. The number of ether oxygens (including phenoxy) is 1. The van der Waals surface area contributed by atoms with Gasteiger partial charge in [-0.3, -0.25) is 4.79 Å². The lowest BCUT2D eigenvalue weighted by Gasteiger charge is -2.14. The van der Waals surface area contributed by atoms with Gasteiger partial charge in [0.05, 0.1) is 0 Å². The molecule has 1 aromatic heterocycles. The predicted octanol–water partition coefficient (Wildman–Crippen LogP) is 4.26. The number of nitrogens with zero attached hydrogens (tertiary/aromatic N) is 1. The summed E-state index contributed by atoms with van der Waals surface area (Å²) in [6.45, 7) is 2.00. The molecule has 0 atom stereocenters. The molecule has 0 bridgehead atoms. The zero-order chi connectivity index (χ0) is 19.2. The van der Waals surface area contributed by atoms with Gasteiger partial charge < -0.3 is 9.72 Å². The highest BCUT2D eigenvalue weighted by Gasteiger charge is 2.21. The lowest BCUT2D eigenvalue weighted by Crippen LogP contribution is -2.17. The van der Waals surface area contributed by atoms with Crippen molar-refractivity contribution >= 4 is 0 Å². The number of rotatable bonds is 1. The summed E-state index contributed by atoms with van der Waals surface area (Å²) in [6.07, 6.45) is 6.85. The number of H-pyrrole nitrogens is 1. The molecule has 1 fully saturated rings. The van der Waals surface area contributed by atoms with Gasteiger partial charge in [0.25, 0.3) is 5.56 Å². The van der Waals surface area contributed by atoms with E-state index in [1.165, 1.54) is 25.0 Å². The summed E-state index contributed by atoms with van der Waals surface area (Å²) in [5.41, 5.74) is 1.66. The quantitative estimate of drug-likeness (QED) is 0.761. The molecule has 0 amide bonds. The third kappa shape index (κ3) is 4.61. The summed E-state index contributed by atoms with van der Waals surface area (Å²) < 4.78 is 32.1. The van der Waals surface area contributed by atoms with Gasteiger partial charge in [0.1, 0.15) is 23.3 Å². The number of aromatic amines is 1. The maximum atomic E-state index is 13.6. The lowest BCUT2D eigenvalue weighted by molar-refractivity contribution is 0.198. The second-order valence-corrected chi connectivity index (χ2v) is 6.81. The van der Waals surface area contributed by atoms with Gasteiger partial charge in [-0.2, -0.15) is 5.26 Å². The summed E-state index contributed by atoms with van der Waals surface area (Å²) in [6, 6.07) is 5.00. The van der Waals surface area contributed by atoms with Crippen LogP contribution in [0, 0.1) is 23.0 Å². The number of nitrogens with one attached hydrogen (secondary N) is 1. The first-order chi connectivity index (χ1) is 13.1. The second kappa shape index (κ2) is 8.92. The zero-order valence-electron chi connectivity index (χ0n) is 15.1. The molecule has 4 nitrogen and oxygen atoms in total. The molecule has 4 rings (SSSR count). The number of nitriles is 1. The van der Waals surface area contributed by atoms with Crippen molar-refractivity contribution in [3.05, 3.63) is 57.0 Å². The Balaban J connectivity index is 0.000000364. The fraction of sp³-hybridized carbons (Fsp3) is 0.429. The third-order valence-corrected chi connectivity index (χ3v) is 4.85. The van der Waals surface area contributed by atoms with Crippen molar-refractivity contribution in [2.24, 2.45) is 0 Å². The molecule has 1 aliphatic heterocycles. The lowest BCUT2D eigenvalue weighted by atomic mass is 9.92. The Morgan fingerprint density at radius 2 is 1.63 bits per heavy atom. The fourth-order valence-electron chi connectivity index (χ4n) is 3.59. The molecule has 0 unspecified atom stereocenters. The van der Waals surface area contributed by atoms with Crippen molar-refractivity contribution in [1.82, 2.24) is 4.98 Å². The van der Waals surface area contributed by atoms with E-state index in [2.05, 4.69) is 4.98 Å². The van der Waals surface area contributed by atoms with Gasteiger partial charge in [0.2, 0.25) is 0 Å². The zero-order valence-corrected chi connectivity index (χ0v) is 15.1. The number of hydrogen-bond donors (Lipinski definition) is 1. The van der Waals surface area contributed by atoms with Crippen LogP contribution in [0.2, 0.25) is 0 Å². The average Bonchev–Trinajstić information content (AvgIpc) is 3.13. The fourth-order valence-corrected chi connectivity index (χ4v) is 3.59. The smallest absolute Gasteiger partial charge is 0.266 e. The van der Waals surface area contributed by atoms with Gasteiger partial charge in [0.15, 0.2) is 0 Å². The van der Waals surface area contributed by atoms with E-state index in [4.69, 9.17) is 4.74 Å². The summed E-state index contributed by atoms with van der Waals surface area (Å²) in [4.78, 5) is 14.9. The highest BCUT2D eigenvalue weighted by molar-refractivity contribution is 5.74. The van der Waals surface area contributed by atoms with Gasteiger partial charge in [-0.05, 0) is 61.8 Å². The van der Waals surface area contributed by atoms with Crippen molar-refractivity contribution in [1.29, 1.82) is 5.26 Å². The van der Waals surface area contributed by atoms with Gasteiger partial charge in [-0.15, -0.1) is 0 Å². The maximum Gasteiger partial charge on any atom is 0.266 e. The van der Waals surface area contributed by atoms with E-state index < -0.39 is 17.2 Å². The molecule has 2 aliphatic rings. The third-order valence-electron chi connectivity index (χ3n) is 4.85. The number of fused-ring (bicyclic) bond motifs is 1. The van der Waals surface area contributed by atoms with Crippen molar-refractivity contribution in [2.45, 2.75) is 44.9 Å². The monoisotopic (exact) mass is 372 g/mol. The van der Waals surface area contributed by atoms with Gasteiger partial charge in [0, 0.05) is 30.5 Å². The first-order valence-electron chi connectivity index (χ1n) is 9.32. The van der Waals surface area contributed by atoms with Crippen LogP contribution in [0.25, 0.3) is 11.1 Å². The Bertz CT molecular complexity index is 884. The van der Waals surface area contributed by atoms with Crippen LogP contribution < -0.4 is 5.56 Å². The Hall–Kier alpha value is -2.52. The molecular formula is C21H22F2N2O2. The van der Waals surface area contributed by atoms with Crippen LogP contribution in [0.15, 0.2) is 23.0 Å². The molecule has 0 radical (unpaired) electrons. The number of halogens is 2. The Morgan fingerprint density at radius 3 is 2.22 bits per heavy atom. The van der Waals surface area contributed by atoms with Crippen LogP contribution in [-0.4, -0.2) is 18.2 Å². The number of hydrogen-bond acceptors (Lipinski definition) is 3. The van der Waals surface area contributed by atoms with Gasteiger partial charge >= 0.3 is 0 Å². The van der Waals surface area contributed by atoms with E-state index in [1.807, 2.05) is 6.07 Å². The van der Waals surface area contributed by atoms with Crippen molar-refractivity contribution in [3.63, 3.8) is 0 Å². The molecule has 1 N–H and O–H groups in total. The normalized spacial score (nSPS) is 15.9. The summed E-state index contributed by atoms with van der Waals surface area (Å²) in [5, 5.41) is 9.31. The van der Waals surface area contributed by atoms with E-state index >= 15 is 0 Å². The van der Waals surface area contributed by atoms with Crippen molar-refractivity contribution in [3.8, 4) is 17.2 Å². The first-order valence-corrected chi connectivity index (χ1v) is 9.32. The Kier molecular flexibility index (Phi) is 6.36. The molecular weight excluding hydrogens is 350 g/mol. The van der Waals surface area contributed by atoms with E-state index in [0.29, 0.717) is 18.4 Å². The van der Waals surface area contributed by atoms with E-state index in [-0.39, 0.29) is 11.1 Å². The average molecular weight is 372 g/mol. The van der Waals surface area contributed by atoms with Crippen LogP contribution in [0.3, 0.4) is 0 Å². The molecule has 2 aromatic rings. The minimum Gasteiger partial charge on any atom is -0.381 e. The van der Waals surface area contributed by atoms with Gasteiger partial charge in [-0.25, -0.2) is 8.78 Å². The molecule has 6 heteroatoms. The van der Waals surface area contributed by atoms with Crippen LogP contribution >= 0.6 is 0 Å². The minimum absolute atomic E-state index is 0.0781. The summed E-state index contributed by atoms with van der Waals surface area (Å²) in [7, 11) is 0. The van der Waals surface area contributed by atoms with Crippen LogP contribution in [-0.2, 0) is 17.6 Å². The number of aryl methyl sites for hydroxylation is 1. The van der Waals surface area contributed by atoms with E-state index in [9.17, 15) is 18.8 Å². The largest absolute Gasteiger partial charge is 0.381 e. The molecule has 1 saturated heterocycles. The highest BCUT2D eigenvalue weighted by atomic mass is 19.1. The molecule has 2 heterocycles. The molecule has 1 aliphatic carbocycles. The van der Waals surface area contributed by atoms with E-state index in [0.717, 1.165) is 49.8 Å². The molecule has 0 saturated carbocycles. The SMILES string of the molecule is C1CCOC1.N#Cc1c(-c2cc(F)cc(F)c2)c2c([nH]c1=O)CCCCC2. The predicted molar refractivity (Wildman–Crippen MR) is 98.4 cm³/mol. The van der Waals surface area contributed by atoms with Gasteiger partial charge in [-0.1, -0.05) is 6.42 Å². The van der Waals surface area contributed by atoms with Crippen molar-refractivity contribution < 1.29 is 13.5 Å². The van der Waals surface area contributed by atoms with Crippen LogP contribution in [0.5, 0.6) is 0 Å². The summed E-state index contributed by atoms with van der Waals surface area (Å²) in [5.74, 6) is -1.44. The van der Waals surface area contributed by atoms with Crippen LogP contribution in [0.1, 0.15) is 48.9 Å².